The van der Waals surface area contributed by atoms with Crippen LogP contribution in [0.15, 0.2) is 35.2 Å². The van der Waals surface area contributed by atoms with Crippen molar-refractivity contribution in [3.05, 3.63) is 46.3 Å². The van der Waals surface area contributed by atoms with Crippen molar-refractivity contribution in [2.75, 3.05) is 12.3 Å². The number of aryl methyl sites for hydroxylation is 1. The average Bonchev–Trinajstić information content (AvgIpc) is 3.12. The minimum atomic E-state index is -1.69. The van der Waals surface area contributed by atoms with E-state index in [-0.39, 0.29) is 18.0 Å². The zero-order chi connectivity index (χ0) is 21.6. The smallest absolute Gasteiger partial charge is 0.168 e. The highest BCUT2D eigenvalue weighted by molar-refractivity contribution is 9.10. The first-order valence-corrected chi connectivity index (χ1v) is 10.00. The lowest BCUT2D eigenvalue weighted by molar-refractivity contribution is -0.0954. The van der Waals surface area contributed by atoms with Crippen LogP contribution >= 0.6 is 15.9 Å². The van der Waals surface area contributed by atoms with Crippen LogP contribution in [0.5, 0.6) is 5.75 Å². The fourth-order valence-corrected chi connectivity index (χ4v) is 4.25. The number of aliphatic hydroxyl groups excluding tert-OH is 1. The molecule has 0 saturated carbocycles. The number of nitrogens with two attached hydrogens (primary N) is 1. The molecule has 1 aromatic carbocycles. The Balaban J connectivity index is 1.68. The summed E-state index contributed by atoms with van der Waals surface area (Å²) < 4.78 is 13.6. The Hall–Kier alpha value is -2.71. The molecule has 4 N–H and O–H groups in total. The van der Waals surface area contributed by atoms with Crippen LogP contribution in [0.25, 0.3) is 11.0 Å². The second-order valence-electron chi connectivity index (χ2n) is 7.43. The van der Waals surface area contributed by atoms with E-state index in [4.69, 9.17) is 15.2 Å². The first kappa shape index (κ1) is 20.6. The second-order valence-corrected chi connectivity index (χ2v) is 8.18. The van der Waals surface area contributed by atoms with Gasteiger partial charge in [0, 0.05) is 0 Å². The molecule has 0 aliphatic carbocycles. The Morgan fingerprint density at radius 2 is 2.07 bits per heavy atom. The lowest BCUT2D eigenvalue weighted by atomic mass is 9.96. The Kier molecular flexibility index (Phi) is 5.15. The van der Waals surface area contributed by atoms with Gasteiger partial charge in [0.15, 0.2) is 6.23 Å². The highest BCUT2D eigenvalue weighted by atomic mass is 79.9. The van der Waals surface area contributed by atoms with Crippen LogP contribution in [0.4, 0.5) is 5.82 Å². The first-order valence-electron chi connectivity index (χ1n) is 9.21. The number of ether oxygens (including phenoxy) is 2. The standard InChI is InChI=1S/C20H20BrN5O4/c1-10-3-5-11(6-4-10)29-8-13-15(27)20(2,28)19(30-13)26-16(21)12(7-22)14-17(23)24-9-25-18(14)26/h3-6,9,13,15,19,27-28H,8H2,1-2H3,(H2,23,24,25)/t13-,15-,19-,20-/m1/s1. The number of benzene rings is 1. The topological polar surface area (TPSA) is 139 Å². The number of halogens is 1. The third-order valence-corrected chi connectivity index (χ3v) is 6.07. The van der Waals surface area contributed by atoms with Gasteiger partial charge in [-0.3, -0.25) is 4.57 Å². The van der Waals surface area contributed by atoms with Gasteiger partial charge in [-0.25, -0.2) is 9.97 Å². The molecule has 0 spiro atoms. The van der Waals surface area contributed by atoms with Crippen molar-refractivity contribution >= 4 is 32.8 Å². The minimum Gasteiger partial charge on any atom is -0.491 e. The largest absolute Gasteiger partial charge is 0.491 e. The van der Waals surface area contributed by atoms with Crippen molar-refractivity contribution in [3.8, 4) is 11.8 Å². The summed E-state index contributed by atoms with van der Waals surface area (Å²) in [5.41, 5.74) is 5.88. The van der Waals surface area contributed by atoms with Crippen molar-refractivity contribution in [3.63, 3.8) is 0 Å². The summed E-state index contributed by atoms with van der Waals surface area (Å²) >= 11 is 3.39. The van der Waals surface area contributed by atoms with Crippen LogP contribution in [0.3, 0.4) is 0 Å². The molecule has 156 valence electrons. The SMILES string of the molecule is Cc1ccc(OC[C@H]2O[C@@H](n3c(Br)c(C#N)c4c(N)ncnc43)[C@](C)(O)[C@@H]2O)cc1. The van der Waals surface area contributed by atoms with E-state index >= 15 is 0 Å². The molecule has 1 saturated heterocycles. The van der Waals surface area contributed by atoms with Crippen LogP contribution < -0.4 is 10.5 Å². The maximum Gasteiger partial charge on any atom is 0.168 e. The van der Waals surface area contributed by atoms with Gasteiger partial charge in [-0.05, 0) is 41.9 Å². The lowest BCUT2D eigenvalue weighted by Crippen LogP contribution is -2.44. The summed E-state index contributed by atoms with van der Waals surface area (Å²) in [6.45, 7) is 3.46. The van der Waals surface area contributed by atoms with E-state index in [2.05, 4.69) is 32.0 Å². The van der Waals surface area contributed by atoms with E-state index in [1.807, 2.05) is 31.2 Å². The van der Waals surface area contributed by atoms with Crippen molar-refractivity contribution in [1.29, 1.82) is 5.26 Å². The highest BCUT2D eigenvalue weighted by Crippen LogP contribution is 2.44. The monoisotopic (exact) mass is 473 g/mol. The molecule has 0 unspecified atom stereocenters. The Labute approximate surface area is 180 Å². The molecule has 2 aromatic heterocycles. The molecule has 4 rings (SSSR count). The van der Waals surface area contributed by atoms with Crippen LogP contribution in [0.2, 0.25) is 0 Å². The predicted octanol–water partition coefficient (Wildman–Crippen LogP) is 2.04. The van der Waals surface area contributed by atoms with Gasteiger partial charge in [0.2, 0.25) is 0 Å². The number of hydrogen-bond donors (Lipinski definition) is 3. The number of rotatable bonds is 4. The Morgan fingerprint density at radius 3 is 2.73 bits per heavy atom. The van der Waals surface area contributed by atoms with Crippen LogP contribution in [0, 0.1) is 18.3 Å². The van der Waals surface area contributed by atoms with Crippen LogP contribution in [-0.4, -0.2) is 49.2 Å². The van der Waals surface area contributed by atoms with Gasteiger partial charge in [0.1, 0.15) is 58.6 Å². The Morgan fingerprint density at radius 1 is 1.37 bits per heavy atom. The number of anilines is 1. The number of nitriles is 1. The molecule has 4 atom stereocenters. The number of nitrogens with zero attached hydrogens (tertiary/aromatic N) is 4. The molecule has 0 bridgehead atoms. The zero-order valence-corrected chi connectivity index (χ0v) is 17.9. The highest BCUT2D eigenvalue weighted by Gasteiger charge is 2.54. The number of fused-ring (bicyclic) bond motifs is 1. The van der Waals surface area contributed by atoms with Gasteiger partial charge in [-0.2, -0.15) is 5.26 Å². The molecular formula is C20H20BrN5O4. The minimum absolute atomic E-state index is 0.0237. The summed E-state index contributed by atoms with van der Waals surface area (Å²) in [7, 11) is 0. The van der Waals surface area contributed by atoms with E-state index in [0.717, 1.165) is 5.56 Å². The van der Waals surface area contributed by atoms with Crippen molar-refractivity contribution in [2.45, 2.75) is 37.9 Å². The van der Waals surface area contributed by atoms with Gasteiger partial charge in [-0.1, -0.05) is 17.7 Å². The van der Waals surface area contributed by atoms with Gasteiger partial charge in [0.25, 0.3) is 0 Å². The third-order valence-electron chi connectivity index (χ3n) is 5.29. The molecule has 1 aliphatic heterocycles. The van der Waals surface area contributed by atoms with E-state index in [0.29, 0.717) is 21.4 Å². The summed E-state index contributed by atoms with van der Waals surface area (Å²) in [6.07, 6.45) is -1.85. The quantitative estimate of drug-likeness (QED) is 0.522. The maximum atomic E-state index is 11.1. The normalized spacial score (nSPS) is 26.1. The maximum absolute atomic E-state index is 11.1. The molecule has 3 heterocycles. The molecule has 30 heavy (non-hydrogen) atoms. The molecule has 3 aromatic rings. The first-order chi connectivity index (χ1) is 14.3. The summed E-state index contributed by atoms with van der Waals surface area (Å²) in [4.78, 5) is 8.16. The molecule has 1 fully saturated rings. The van der Waals surface area contributed by atoms with Crippen LogP contribution in [0.1, 0.15) is 24.3 Å². The van der Waals surface area contributed by atoms with Gasteiger partial charge in [-0.15, -0.1) is 0 Å². The van der Waals surface area contributed by atoms with E-state index in [1.54, 1.807) is 0 Å². The fraction of sp³-hybridized carbons (Fsp3) is 0.350. The van der Waals surface area contributed by atoms with Crippen LogP contribution in [-0.2, 0) is 4.74 Å². The summed E-state index contributed by atoms with van der Waals surface area (Å²) in [5.74, 6) is 0.757. The van der Waals surface area contributed by atoms with Crippen molar-refractivity contribution < 1.29 is 19.7 Å². The predicted molar refractivity (Wildman–Crippen MR) is 112 cm³/mol. The zero-order valence-electron chi connectivity index (χ0n) is 16.3. The van der Waals surface area contributed by atoms with Crippen molar-refractivity contribution in [2.24, 2.45) is 0 Å². The summed E-state index contributed by atoms with van der Waals surface area (Å²) in [5, 5.41) is 31.8. The number of nitrogen functional groups attached to an aromatic ring is 1. The van der Waals surface area contributed by atoms with Gasteiger partial charge in [0.05, 0.1) is 10.9 Å². The molecule has 1 aliphatic rings. The molecule has 10 heteroatoms. The average molecular weight is 474 g/mol. The number of aromatic nitrogens is 3. The van der Waals surface area contributed by atoms with Gasteiger partial charge < -0.3 is 25.4 Å². The molecule has 9 nitrogen and oxygen atoms in total. The number of aliphatic hydroxyl groups is 2. The number of hydrogen-bond acceptors (Lipinski definition) is 8. The third kappa shape index (κ3) is 3.20. The van der Waals surface area contributed by atoms with E-state index in [1.165, 1.54) is 17.8 Å². The Bertz CT molecular complexity index is 1140. The van der Waals surface area contributed by atoms with Gasteiger partial charge >= 0.3 is 0 Å². The lowest BCUT2D eigenvalue weighted by Gasteiger charge is -2.28. The van der Waals surface area contributed by atoms with E-state index < -0.39 is 24.0 Å². The second kappa shape index (κ2) is 7.52. The van der Waals surface area contributed by atoms with Crippen molar-refractivity contribution in [1.82, 2.24) is 14.5 Å². The molecule has 0 amide bonds. The molecule has 0 radical (unpaired) electrons. The molecular weight excluding hydrogens is 454 g/mol. The summed E-state index contributed by atoms with van der Waals surface area (Å²) in [6, 6.07) is 9.54. The van der Waals surface area contributed by atoms with E-state index in [9.17, 15) is 15.5 Å². The fourth-order valence-electron chi connectivity index (χ4n) is 3.61.